The molecule has 0 aliphatic rings. The molecule has 0 bridgehead atoms. The van der Waals surface area contributed by atoms with E-state index in [1.165, 1.54) is 16.9 Å². The number of allylic oxidation sites excluding steroid dienone is 1. The Kier molecular flexibility index (Phi) is 6.89. The second kappa shape index (κ2) is 10.4. The fourth-order valence-electron chi connectivity index (χ4n) is 3.22. The number of nitrogens with zero attached hydrogens (tertiary/aromatic N) is 2. The minimum absolute atomic E-state index is 0.559. The van der Waals surface area contributed by atoms with Crippen molar-refractivity contribution >= 4 is 23.0 Å². The Morgan fingerprint density at radius 1 is 0.935 bits per heavy atom. The van der Waals surface area contributed by atoms with Crippen LogP contribution in [0.25, 0.3) is 22.9 Å². The molecule has 0 N–H and O–H groups in total. The summed E-state index contributed by atoms with van der Waals surface area (Å²) < 4.78 is 5.86. The Labute approximate surface area is 186 Å². The Morgan fingerprint density at radius 2 is 1.65 bits per heavy atom. The fraction of sp³-hybridized carbons (Fsp3) is 0.111. The van der Waals surface area contributed by atoms with Crippen molar-refractivity contribution in [2.45, 2.75) is 12.8 Å². The van der Waals surface area contributed by atoms with Crippen molar-refractivity contribution in [1.29, 1.82) is 5.26 Å². The van der Waals surface area contributed by atoms with E-state index in [2.05, 4.69) is 35.3 Å². The van der Waals surface area contributed by atoms with Crippen LogP contribution in [0.15, 0.2) is 90.3 Å². The quantitative estimate of drug-likeness (QED) is 0.229. The molecule has 0 saturated carbocycles. The van der Waals surface area contributed by atoms with E-state index in [1.807, 2.05) is 72.1 Å². The van der Waals surface area contributed by atoms with E-state index >= 15 is 0 Å². The smallest absolute Gasteiger partial charge is 0.134 e. The second-order valence-corrected chi connectivity index (χ2v) is 7.94. The summed E-state index contributed by atoms with van der Waals surface area (Å²) in [5.74, 6) is 0.837. The Hall–Kier alpha value is -3.68. The predicted molar refractivity (Wildman–Crippen MR) is 128 cm³/mol. The lowest BCUT2D eigenvalue weighted by Gasteiger charge is -2.06. The van der Waals surface area contributed by atoms with Crippen LogP contribution in [0.4, 0.5) is 0 Å². The first-order chi connectivity index (χ1) is 15.3. The van der Waals surface area contributed by atoms with Crippen molar-refractivity contribution in [3.8, 4) is 23.1 Å². The van der Waals surface area contributed by atoms with Gasteiger partial charge in [-0.2, -0.15) is 5.26 Å². The first kappa shape index (κ1) is 20.6. The van der Waals surface area contributed by atoms with E-state index in [0.29, 0.717) is 12.2 Å². The highest BCUT2D eigenvalue weighted by atomic mass is 32.1. The SMILES string of the molecule is N#C/C(=C/c1ccc(OCCCc2ccccc2)cc1)c1nc(-c2ccccc2)cs1. The normalized spacial score (nSPS) is 11.1. The number of nitriles is 1. The van der Waals surface area contributed by atoms with Crippen molar-refractivity contribution in [2.75, 3.05) is 6.61 Å². The van der Waals surface area contributed by atoms with Crippen LogP contribution in [-0.2, 0) is 6.42 Å². The zero-order chi connectivity index (χ0) is 21.3. The van der Waals surface area contributed by atoms with Gasteiger partial charge in [-0.15, -0.1) is 11.3 Å². The van der Waals surface area contributed by atoms with E-state index in [1.54, 1.807) is 0 Å². The lowest BCUT2D eigenvalue weighted by molar-refractivity contribution is 0.311. The monoisotopic (exact) mass is 422 g/mol. The standard InChI is InChI=1S/C27H22N2OS/c28-19-24(27-29-26(20-31-27)23-11-5-2-6-12-23)18-22-13-15-25(16-14-22)30-17-7-10-21-8-3-1-4-9-21/h1-6,8-9,11-16,18,20H,7,10,17H2/b24-18-. The summed E-state index contributed by atoms with van der Waals surface area (Å²) in [5, 5.41) is 12.3. The van der Waals surface area contributed by atoms with Gasteiger partial charge in [-0.05, 0) is 42.2 Å². The molecular formula is C27H22N2OS. The third-order valence-electron chi connectivity index (χ3n) is 4.84. The van der Waals surface area contributed by atoms with Crippen molar-refractivity contribution in [1.82, 2.24) is 4.98 Å². The molecule has 4 aromatic rings. The number of ether oxygens (including phenoxy) is 1. The molecule has 1 heterocycles. The molecule has 0 unspecified atom stereocenters. The highest BCUT2D eigenvalue weighted by molar-refractivity contribution is 7.11. The summed E-state index contributed by atoms with van der Waals surface area (Å²) in [7, 11) is 0. The van der Waals surface area contributed by atoms with E-state index in [4.69, 9.17) is 4.74 Å². The molecule has 0 atom stereocenters. The van der Waals surface area contributed by atoms with Crippen molar-refractivity contribution in [3.63, 3.8) is 0 Å². The molecular weight excluding hydrogens is 400 g/mol. The molecule has 0 aliphatic heterocycles. The Bertz CT molecular complexity index is 1170. The second-order valence-electron chi connectivity index (χ2n) is 7.08. The number of aromatic nitrogens is 1. The summed E-state index contributed by atoms with van der Waals surface area (Å²) in [6.45, 7) is 0.675. The van der Waals surface area contributed by atoms with Crippen LogP contribution in [0, 0.1) is 11.3 Å². The van der Waals surface area contributed by atoms with Gasteiger partial charge in [0.05, 0.1) is 17.9 Å². The van der Waals surface area contributed by atoms with Gasteiger partial charge in [0.2, 0.25) is 0 Å². The molecule has 0 aliphatic carbocycles. The first-order valence-electron chi connectivity index (χ1n) is 10.2. The average Bonchev–Trinajstić information content (AvgIpc) is 3.33. The van der Waals surface area contributed by atoms with E-state index in [0.717, 1.165) is 40.4 Å². The molecule has 1 aromatic heterocycles. The summed E-state index contributed by atoms with van der Waals surface area (Å²) in [6, 6.07) is 30.5. The zero-order valence-corrected chi connectivity index (χ0v) is 17.9. The van der Waals surface area contributed by atoms with Gasteiger partial charge in [-0.25, -0.2) is 4.98 Å². The number of benzene rings is 3. The van der Waals surface area contributed by atoms with Crippen LogP contribution in [0.5, 0.6) is 5.75 Å². The Morgan fingerprint density at radius 3 is 2.35 bits per heavy atom. The number of aryl methyl sites for hydroxylation is 1. The maximum atomic E-state index is 9.64. The number of thiazole rings is 1. The van der Waals surface area contributed by atoms with E-state index < -0.39 is 0 Å². The van der Waals surface area contributed by atoms with Gasteiger partial charge in [0, 0.05) is 10.9 Å². The summed E-state index contributed by atoms with van der Waals surface area (Å²) >= 11 is 1.48. The maximum Gasteiger partial charge on any atom is 0.134 e. The maximum absolute atomic E-state index is 9.64. The lowest BCUT2D eigenvalue weighted by atomic mass is 10.1. The van der Waals surface area contributed by atoms with E-state index in [9.17, 15) is 5.26 Å². The molecule has 0 spiro atoms. The van der Waals surface area contributed by atoms with Gasteiger partial charge < -0.3 is 4.74 Å². The fourth-order valence-corrected chi connectivity index (χ4v) is 4.01. The Balaban J connectivity index is 1.36. The van der Waals surface area contributed by atoms with E-state index in [-0.39, 0.29) is 0 Å². The average molecular weight is 423 g/mol. The molecule has 0 amide bonds. The van der Waals surface area contributed by atoms with Gasteiger partial charge in [0.25, 0.3) is 0 Å². The first-order valence-corrected chi connectivity index (χ1v) is 11.1. The highest BCUT2D eigenvalue weighted by Gasteiger charge is 2.09. The molecule has 3 aromatic carbocycles. The van der Waals surface area contributed by atoms with Gasteiger partial charge >= 0.3 is 0 Å². The largest absolute Gasteiger partial charge is 0.494 e. The third kappa shape index (κ3) is 5.69. The zero-order valence-electron chi connectivity index (χ0n) is 17.1. The number of rotatable bonds is 8. The van der Waals surface area contributed by atoms with Crippen LogP contribution in [0.3, 0.4) is 0 Å². The minimum Gasteiger partial charge on any atom is -0.494 e. The van der Waals surface area contributed by atoms with Crippen molar-refractivity contribution in [3.05, 3.63) is 106 Å². The van der Waals surface area contributed by atoms with Crippen LogP contribution < -0.4 is 4.74 Å². The van der Waals surface area contributed by atoms with Crippen LogP contribution in [-0.4, -0.2) is 11.6 Å². The summed E-state index contributed by atoms with van der Waals surface area (Å²) in [4.78, 5) is 4.64. The molecule has 152 valence electrons. The molecule has 0 saturated heterocycles. The number of hydrogen-bond donors (Lipinski definition) is 0. The van der Waals surface area contributed by atoms with Crippen molar-refractivity contribution in [2.24, 2.45) is 0 Å². The van der Waals surface area contributed by atoms with Gasteiger partial charge in [-0.3, -0.25) is 0 Å². The number of hydrogen-bond acceptors (Lipinski definition) is 4. The molecule has 4 rings (SSSR count). The molecule has 31 heavy (non-hydrogen) atoms. The van der Waals surface area contributed by atoms with Crippen LogP contribution >= 0.6 is 11.3 Å². The molecule has 0 fully saturated rings. The highest BCUT2D eigenvalue weighted by Crippen LogP contribution is 2.27. The van der Waals surface area contributed by atoms with Gasteiger partial charge in [-0.1, -0.05) is 72.8 Å². The molecule has 0 radical (unpaired) electrons. The summed E-state index contributed by atoms with van der Waals surface area (Å²) in [5.41, 5.74) is 4.78. The van der Waals surface area contributed by atoms with Crippen molar-refractivity contribution < 1.29 is 4.74 Å². The molecule has 3 nitrogen and oxygen atoms in total. The lowest BCUT2D eigenvalue weighted by Crippen LogP contribution is -1.99. The topological polar surface area (TPSA) is 45.9 Å². The van der Waals surface area contributed by atoms with Gasteiger partial charge in [0.1, 0.15) is 16.8 Å². The predicted octanol–water partition coefficient (Wildman–Crippen LogP) is 6.89. The summed E-state index contributed by atoms with van der Waals surface area (Å²) in [6.07, 6.45) is 3.84. The molecule has 4 heteroatoms. The third-order valence-corrected chi connectivity index (χ3v) is 5.71. The van der Waals surface area contributed by atoms with Crippen LogP contribution in [0.2, 0.25) is 0 Å². The van der Waals surface area contributed by atoms with Gasteiger partial charge in [0.15, 0.2) is 0 Å². The minimum atomic E-state index is 0.559. The van der Waals surface area contributed by atoms with Crippen LogP contribution in [0.1, 0.15) is 22.6 Å².